The van der Waals surface area contributed by atoms with Gasteiger partial charge in [-0.15, -0.1) is 5.10 Å². The number of ether oxygens (including phenoxy) is 1. The van der Waals surface area contributed by atoms with Crippen LogP contribution < -0.4 is 4.74 Å². The maximum absolute atomic E-state index is 13.9. The molecule has 27 heavy (non-hydrogen) atoms. The van der Waals surface area contributed by atoms with Gasteiger partial charge < -0.3 is 9.64 Å². The summed E-state index contributed by atoms with van der Waals surface area (Å²) in [6, 6.07) is 14.4. The standard InChI is InChI=1S/C20H17F2N3O2/c21-15-6-7-18(22)17(10-15)20(26)24-8-9-25-16(12-24)11-19(23-25)27-13-14-4-2-1-3-5-14/h1-7,10-11H,8-9,12-13H2. The first-order valence-corrected chi connectivity index (χ1v) is 8.58. The number of fused-ring (bicyclic) bond motifs is 1. The summed E-state index contributed by atoms with van der Waals surface area (Å²) in [4.78, 5) is 14.0. The van der Waals surface area contributed by atoms with Crippen LogP contribution in [0.15, 0.2) is 54.6 Å². The Labute approximate surface area is 154 Å². The van der Waals surface area contributed by atoms with Crippen molar-refractivity contribution in [2.24, 2.45) is 0 Å². The number of benzene rings is 2. The van der Waals surface area contributed by atoms with Gasteiger partial charge in [0.1, 0.15) is 18.2 Å². The fourth-order valence-corrected chi connectivity index (χ4v) is 3.05. The van der Waals surface area contributed by atoms with Crippen LogP contribution in [0.1, 0.15) is 21.6 Å². The van der Waals surface area contributed by atoms with Gasteiger partial charge in [0.2, 0.25) is 5.88 Å². The third-order valence-corrected chi connectivity index (χ3v) is 4.45. The van der Waals surface area contributed by atoms with Crippen LogP contribution in [0.5, 0.6) is 5.88 Å². The van der Waals surface area contributed by atoms with Crippen molar-refractivity contribution < 1.29 is 18.3 Å². The van der Waals surface area contributed by atoms with Crippen molar-refractivity contribution in [3.8, 4) is 5.88 Å². The average molecular weight is 369 g/mol. The van der Waals surface area contributed by atoms with Crippen molar-refractivity contribution in [2.45, 2.75) is 19.7 Å². The molecule has 0 aliphatic carbocycles. The zero-order valence-electron chi connectivity index (χ0n) is 14.4. The SMILES string of the molecule is O=C(c1cc(F)ccc1F)N1CCn2nc(OCc3ccccc3)cc2C1. The van der Waals surface area contributed by atoms with Gasteiger partial charge in [-0.05, 0) is 23.8 Å². The van der Waals surface area contributed by atoms with E-state index in [1.165, 1.54) is 4.90 Å². The van der Waals surface area contributed by atoms with Gasteiger partial charge in [-0.3, -0.25) is 9.48 Å². The summed E-state index contributed by atoms with van der Waals surface area (Å²) in [5.74, 6) is -1.43. The summed E-state index contributed by atoms with van der Waals surface area (Å²) in [7, 11) is 0. The lowest BCUT2D eigenvalue weighted by atomic mass is 10.1. The summed E-state index contributed by atoms with van der Waals surface area (Å²) in [6.07, 6.45) is 0. The highest BCUT2D eigenvalue weighted by molar-refractivity contribution is 5.94. The Bertz CT molecular complexity index is 973. The van der Waals surface area contributed by atoms with E-state index in [9.17, 15) is 13.6 Å². The molecule has 138 valence electrons. The minimum absolute atomic E-state index is 0.260. The monoisotopic (exact) mass is 369 g/mol. The highest BCUT2D eigenvalue weighted by atomic mass is 19.1. The van der Waals surface area contributed by atoms with Crippen molar-refractivity contribution in [3.63, 3.8) is 0 Å². The van der Waals surface area contributed by atoms with Crippen LogP contribution >= 0.6 is 0 Å². The molecule has 0 bridgehead atoms. The molecule has 0 fully saturated rings. The van der Waals surface area contributed by atoms with Crippen molar-refractivity contribution in [1.29, 1.82) is 0 Å². The molecule has 3 aromatic rings. The minimum Gasteiger partial charge on any atom is -0.472 e. The largest absolute Gasteiger partial charge is 0.472 e. The van der Waals surface area contributed by atoms with E-state index < -0.39 is 17.5 Å². The van der Waals surface area contributed by atoms with Crippen LogP contribution in [0.4, 0.5) is 8.78 Å². The summed E-state index contributed by atoms with van der Waals surface area (Å²) in [6.45, 7) is 1.49. The molecule has 1 amide bonds. The molecule has 1 aliphatic rings. The van der Waals surface area contributed by atoms with E-state index >= 15 is 0 Å². The fraction of sp³-hybridized carbons (Fsp3) is 0.200. The number of nitrogens with zero attached hydrogens (tertiary/aromatic N) is 3. The van der Waals surface area contributed by atoms with Gasteiger partial charge in [-0.25, -0.2) is 8.78 Å². The highest BCUT2D eigenvalue weighted by Gasteiger charge is 2.25. The molecule has 1 aromatic heterocycles. The summed E-state index contributed by atoms with van der Waals surface area (Å²) < 4.78 is 34.7. The van der Waals surface area contributed by atoms with Crippen LogP contribution in [0.25, 0.3) is 0 Å². The third kappa shape index (κ3) is 3.67. The molecule has 0 N–H and O–H groups in total. The summed E-state index contributed by atoms with van der Waals surface area (Å²) in [5, 5.41) is 4.39. The van der Waals surface area contributed by atoms with Gasteiger partial charge in [0.15, 0.2) is 0 Å². The van der Waals surface area contributed by atoms with Crippen LogP contribution in [-0.2, 0) is 19.7 Å². The molecule has 5 nitrogen and oxygen atoms in total. The Balaban J connectivity index is 1.46. The Morgan fingerprint density at radius 3 is 2.70 bits per heavy atom. The molecular weight excluding hydrogens is 352 g/mol. The number of aromatic nitrogens is 2. The number of hydrogen-bond donors (Lipinski definition) is 0. The van der Waals surface area contributed by atoms with Gasteiger partial charge >= 0.3 is 0 Å². The lowest BCUT2D eigenvalue weighted by molar-refractivity contribution is 0.0700. The number of hydrogen-bond acceptors (Lipinski definition) is 3. The quantitative estimate of drug-likeness (QED) is 0.708. The number of halogens is 2. The van der Waals surface area contributed by atoms with Crippen molar-refractivity contribution in [2.75, 3.05) is 6.54 Å². The van der Waals surface area contributed by atoms with Crippen LogP contribution in [0.2, 0.25) is 0 Å². The lowest BCUT2D eigenvalue weighted by Gasteiger charge is -2.27. The zero-order chi connectivity index (χ0) is 18.8. The summed E-state index contributed by atoms with van der Waals surface area (Å²) in [5.41, 5.74) is 1.56. The van der Waals surface area contributed by atoms with E-state index in [0.29, 0.717) is 25.6 Å². The van der Waals surface area contributed by atoms with Crippen molar-refractivity contribution >= 4 is 5.91 Å². The van der Waals surface area contributed by atoms with Gasteiger partial charge in [-0.2, -0.15) is 0 Å². The van der Waals surface area contributed by atoms with Gasteiger partial charge in [-0.1, -0.05) is 30.3 Å². The third-order valence-electron chi connectivity index (χ3n) is 4.45. The molecule has 0 radical (unpaired) electrons. The predicted octanol–water partition coefficient (Wildman–Crippen LogP) is 3.40. The second-order valence-corrected chi connectivity index (χ2v) is 6.32. The Kier molecular flexibility index (Phi) is 4.58. The Morgan fingerprint density at radius 1 is 1.07 bits per heavy atom. The molecule has 7 heteroatoms. The molecule has 2 heterocycles. The van der Waals surface area contributed by atoms with Gasteiger partial charge in [0.25, 0.3) is 5.91 Å². The van der Waals surface area contributed by atoms with Crippen molar-refractivity contribution in [3.05, 3.63) is 83.1 Å². The maximum atomic E-state index is 13.9. The summed E-state index contributed by atoms with van der Waals surface area (Å²) >= 11 is 0. The molecule has 0 atom stereocenters. The van der Waals surface area contributed by atoms with E-state index in [4.69, 9.17) is 4.74 Å². The molecule has 2 aromatic carbocycles. The minimum atomic E-state index is -0.729. The molecule has 0 spiro atoms. The average Bonchev–Trinajstić information content (AvgIpc) is 3.10. The lowest BCUT2D eigenvalue weighted by Crippen LogP contribution is -2.38. The van der Waals surface area contributed by atoms with E-state index in [1.54, 1.807) is 10.7 Å². The second-order valence-electron chi connectivity index (χ2n) is 6.32. The molecule has 1 aliphatic heterocycles. The number of amides is 1. The van der Waals surface area contributed by atoms with Crippen molar-refractivity contribution in [1.82, 2.24) is 14.7 Å². The zero-order valence-corrected chi connectivity index (χ0v) is 14.4. The number of rotatable bonds is 4. The molecule has 0 saturated heterocycles. The topological polar surface area (TPSA) is 47.4 Å². The smallest absolute Gasteiger partial charge is 0.257 e. The molecule has 0 saturated carbocycles. The van der Waals surface area contributed by atoms with Crippen LogP contribution in [-0.4, -0.2) is 27.1 Å². The second kappa shape index (κ2) is 7.19. The van der Waals surface area contributed by atoms with Crippen LogP contribution in [0, 0.1) is 11.6 Å². The molecule has 0 unspecified atom stereocenters. The molecular formula is C20H17F2N3O2. The van der Waals surface area contributed by atoms with E-state index in [1.807, 2.05) is 30.3 Å². The van der Waals surface area contributed by atoms with Gasteiger partial charge in [0, 0.05) is 12.6 Å². The van der Waals surface area contributed by atoms with E-state index in [2.05, 4.69) is 5.10 Å². The van der Waals surface area contributed by atoms with E-state index in [-0.39, 0.29) is 12.1 Å². The van der Waals surface area contributed by atoms with E-state index in [0.717, 1.165) is 29.5 Å². The highest BCUT2D eigenvalue weighted by Crippen LogP contribution is 2.21. The fourth-order valence-electron chi connectivity index (χ4n) is 3.05. The van der Waals surface area contributed by atoms with Crippen LogP contribution in [0.3, 0.4) is 0 Å². The predicted molar refractivity (Wildman–Crippen MR) is 94.1 cm³/mol. The van der Waals surface area contributed by atoms with Gasteiger partial charge in [0.05, 0.1) is 24.3 Å². The Morgan fingerprint density at radius 2 is 1.89 bits per heavy atom. The molecule has 4 rings (SSSR count). The first kappa shape index (κ1) is 17.2. The normalized spacial score (nSPS) is 13.3. The first-order valence-electron chi connectivity index (χ1n) is 8.58. The number of carbonyl (C=O) groups excluding carboxylic acids is 1. The first-order chi connectivity index (χ1) is 13.1. The maximum Gasteiger partial charge on any atom is 0.257 e. The number of carbonyl (C=O) groups is 1. The Hall–Kier alpha value is -3.22.